The molecule has 2 aromatic rings. The number of hydrogen-bond donors (Lipinski definition) is 0. The number of oxazole rings is 1. The van der Waals surface area contributed by atoms with Crippen LogP contribution in [0.1, 0.15) is 45.4 Å². The molecule has 0 N–H and O–H groups in total. The van der Waals surface area contributed by atoms with Crippen LogP contribution in [0.5, 0.6) is 5.75 Å². The van der Waals surface area contributed by atoms with E-state index in [1.54, 1.807) is 35.1 Å². The van der Waals surface area contributed by atoms with Gasteiger partial charge in [-0.25, -0.2) is 4.98 Å². The molecule has 0 atom stereocenters. The fraction of sp³-hybridized carbons (Fsp3) is 0.421. The Hall–Kier alpha value is -2.83. The Morgan fingerprint density at radius 2 is 1.81 bits per heavy atom. The van der Waals surface area contributed by atoms with Gasteiger partial charge in [-0.05, 0) is 31.0 Å². The van der Waals surface area contributed by atoms with E-state index < -0.39 is 0 Å². The van der Waals surface area contributed by atoms with Crippen molar-refractivity contribution in [2.24, 2.45) is 0 Å². The average Bonchev–Trinajstić information content (AvgIpc) is 3.43. The highest BCUT2D eigenvalue weighted by Gasteiger charge is 2.35. The smallest absolute Gasteiger partial charge is 0.276 e. The topological polar surface area (TPSA) is 75.9 Å². The maximum Gasteiger partial charge on any atom is 0.276 e. The summed E-state index contributed by atoms with van der Waals surface area (Å²) in [4.78, 5) is 33.0. The molecule has 4 rings (SSSR count). The highest BCUT2D eigenvalue weighted by Crippen LogP contribution is 2.41. The van der Waals surface area contributed by atoms with Gasteiger partial charge < -0.3 is 19.0 Å². The molecule has 1 aliphatic carbocycles. The second-order valence-electron chi connectivity index (χ2n) is 6.66. The van der Waals surface area contributed by atoms with Gasteiger partial charge in [-0.1, -0.05) is 6.07 Å². The first kappa shape index (κ1) is 16.6. The number of piperazine rings is 1. The largest absolute Gasteiger partial charge is 0.497 e. The first-order valence-corrected chi connectivity index (χ1v) is 8.83. The van der Waals surface area contributed by atoms with Gasteiger partial charge in [0.1, 0.15) is 11.5 Å². The lowest BCUT2D eigenvalue weighted by Crippen LogP contribution is -2.50. The van der Waals surface area contributed by atoms with E-state index in [0.717, 1.165) is 12.8 Å². The maximum atomic E-state index is 12.7. The maximum absolute atomic E-state index is 12.7. The molecule has 2 heterocycles. The third-order valence-electron chi connectivity index (χ3n) is 4.92. The average molecular weight is 355 g/mol. The number of methoxy groups -OCH3 is 1. The van der Waals surface area contributed by atoms with Crippen molar-refractivity contribution in [1.82, 2.24) is 14.8 Å². The third-order valence-corrected chi connectivity index (χ3v) is 4.92. The van der Waals surface area contributed by atoms with Crippen LogP contribution in [0.3, 0.4) is 0 Å². The monoisotopic (exact) mass is 355 g/mol. The van der Waals surface area contributed by atoms with Crippen LogP contribution in [0.2, 0.25) is 0 Å². The molecule has 1 aromatic heterocycles. The van der Waals surface area contributed by atoms with E-state index in [-0.39, 0.29) is 11.8 Å². The fourth-order valence-electron chi connectivity index (χ4n) is 3.25. The summed E-state index contributed by atoms with van der Waals surface area (Å²) in [6, 6.07) is 7.12. The summed E-state index contributed by atoms with van der Waals surface area (Å²) in [5, 5.41) is 0. The number of aromatic nitrogens is 1. The summed E-state index contributed by atoms with van der Waals surface area (Å²) in [6.07, 6.45) is 3.46. The van der Waals surface area contributed by atoms with Crippen LogP contribution in [-0.2, 0) is 0 Å². The zero-order valence-corrected chi connectivity index (χ0v) is 14.7. The minimum atomic E-state index is -0.103. The molecule has 1 aliphatic heterocycles. The Bertz CT molecular complexity index is 820. The van der Waals surface area contributed by atoms with Gasteiger partial charge in [0.2, 0.25) is 0 Å². The number of ether oxygens (including phenoxy) is 1. The molecule has 0 radical (unpaired) electrons. The molecular formula is C19H21N3O4. The molecule has 136 valence electrons. The zero-order chi connectivity index (χ0) is 18.1. The molecule has 2 fully saturated rings. The first-order valence-electron chi connectivity index (χ1n) is 8.83. The van der Waals surface area contributed by atoms with Gasteiger partial charge in [-0.15, -0.1) is 0 Å². The lowest BCUT2D eigenvalue weighted by molar-refractivity contribution is 0.0531. The Kier molecular flexibility index (Phi) is 4.36. The molecule has 1 aromatic carbocycles. The summed E-state index contributed by atoms with van der Waals surface area (Å²) in [5.74, 6) is 1.56. The number of hydrogen-bond acceptors (Lipinski definition) is 5. The van der Waals surface area contributed by atoms with Crippen molar-refractivity contribution in [3.63, 3.8) is 0 Å². The number of carbonyl (C=O) groups is 2. The van der Waals surface area contributed by atoms with Crippen molar-refractivity contribution in [1.29, 1.82) is 0 Å². The quantitative estimate of drug-likeness (QED) is 0.840. The van der Waals surface area contributed by atoms with Crippen LogP contribution in [-0.4, -0.2) is 59.9 Å². The highest BCUT2D eigenvalue weighted by atomic mass is 16.5. The standard InChI is InChI=1S/C19H21N3O4/c1-25-15-4-2-3-14(11-15)18(23)21-7-9-22(10-8-21)19(24)16-17(13-5-6-13)26-12-20-16/h2-4,11-13H,5-10H2,1H3. The molecular weight excluding hydrogens is 334 g/mol. The van der Waals surface area contributed by atoms with Gasteiger partial charge in [-0.3, -0.25) is 9.59 Å². The van der Waals surface area contributed by atoms with E-state index in [1.165, 1.54) is 6.39 Å². The summed E-state index contributed by atoms with van der Waals surface area (Å²) >= 11 is 0. The van der Waals surface area contributed by atoms with Gasteiger partial charge in [0.05, 0.1) is 7.11 Å². The van der Waals surface area contributed by atoms with E-state index in [0.29, 0.717) is 54.9 Å². The predicted molar refractivity (Wildman–Crippen MR) is 93.3 cm³/mol. The molecule has 0 unspecified atom stereocenters. The summed E-state index contributed by atoms with van der Waals surface area (Å²) in [6.45, 7) is 1.98. The fourth-order valence-corrected chi connectivity index (χ4v) is 3.25. The van der Waals surface area contributed by atoms with Gasteiger partial charge in [-0.2, -0.15) is 0 Å². The van der Waals surface area contributed by atoms with E-state index in [1.807, 2.05) is 6.07 Å². The third kappa shape index (κ3) is 3.16. The van der Waals surface area contributed by atoms with Crippen LogP contribution < -0.4 is 4.74 Å². The minimum absolute atomic E-state index is 0.0453. The molecule has 26 heavy (non-hydrogen) atoms. The number of benzene rings is 1. The normalized spacial score (nSPS) is 17.3. The van der Waals surface area contributed by atoms with Crippen molar-refractivity contribution in [2.75, 3.05) is 33.3 Å². The first-order chi connectivity index (χ1) is 12.7. The Morgan fingerprint density at radius 3 is 2.46 bits per heavy atom. The predicted octanol–water partition coefficient (Wildman–Crippen LogP) is 2.16. The molecule has 1 saturated heterocycles. The molecule has 0 bridgehead atoms. The van der Waals surface area contributed by atoms with Crippen molar-refractivity contribution in [3.05, 3.63) is 47.7 Å². The zero-order valence-electron chi connectivity index (χ0n) is 14.7. The molecule has 2 aliphatic rings. The summed E-state index contributed by atoms with van der Waals surface area (Å²) in [5.41, 5.74) is 1.02. The molecule has 7 nitrogen and oxygen atoms in total. The Labute approximate surface area is 151 Å². The van der Waals surface area contributed by atoms with Crippen molar-refractivity contribution < 1.29 is 18.7 Å². The van der Waals surface area contributed by atoms with Crippen LogP contribution in [0.25, 0.3) is 0 Å². The van der Waals surface area contributed by atoms with E-state index in [2.05, 4.69) is 4.98 Å². The molecule has 2 amide bonds. The van der Waals surface area contributed by atoms with E-state index in [4.69, 9.17) is 9.15 Å². The van der Waals surface area contributed by atoms with Crippen molar-refractivity contribution >= 4 is 11.8 Å². The Morgan fingerprint density at radius 1 is 1.12 bits per heavy atom. The van der Waals surface area contributed by atoms with Crippen molar-refractivity contribution in [2.45, 2.75) is 18.8 Å². The van der Waals surface area contributed by atoms with Crippen LogP contribution >= 0.6 is 0 Å². The SMILES string of the molecule is COc1cccc(C(=O)N2CCN(C(=O)c3ncoc3C3CC3)CC2)c1. The van der Waals surface area contributed by atoms with Gasteiger partial charge in [0.25, 0.3) is 11.8 Å². The summed E-state index contributed by atoms with van der Waals surface area (Å²) < 4.78 is 10.6. The number of nitrogens with zero attached hydrogens (tertiary/aromatic N) is 3. The lowest BCUT2D eigenvalue weighted by atomic mass is 10.1. The highest BCUT2D eigenvalue weighted by molar-refractivity contribution is 5.96. The van der Waals surface area contributed by atoms with Crippen LogP contribution in [0.4, 0.5) is 0 Å². The number of amides is 2. The number of carbonyl (C=O) groups excluding carboxylic acids is 2. The van der Waals surface area contributed by atoms with Gasteiger partial charge >= 0.3 is 0 Å². The Balaban J connectivity index is 1.39. The molecule has 0 spiro atoms. The minimum Gasteiger partial charge on any atom is -0.497 e. The molecule has 1 saturated carbocycles. The van der Waals surface area contributed by atoms with Gasteiger partial charge in [0, 0.05) is 37.7 Å². The second kappa shape index (κ2) is 6.82. The second-order valence-corrected chi connectivity index (χ2v) is 6.66. The summed E-state index contributed by atoms with van der Waals surface area (Å²) in [7, 11) is 1.58. The van der Waals surface area contributed by atoms with Crippen LogP contribution in [0, 0.1) is 0 Å². The number of rotatable bonds is 4. The van der Waals surface area contributed by atoms with E-state index >= 15 is 0 Å². The van der Waals surface area contributed by atoms with Gasteiger partial charge in [0.15, 0.2) is 12.1 Å². The molecule has 7 heteroatoms. The van der Waals surface area contributed by atoms with Crippen LogP contribution in [0.15, 0.2) is 35.1 Å². The van der Waals surface area contributed by atoms with Crippen molar-refractivity contribution in [3.8, 4) is 5.75 Å². The van der Waals surface area contributed by atoms with E-state index in [9.17, 15) is 9.59 Å². The lowest BCUT2D eigenvalue weighted by Gasteiger charge is -2.34.